The van der Waals surface area contributed by atoms with Gasteiger partial charge in [-0.05, 0) is 31.9 Å². The van der Waals surface area contributed by atoms with E-state index in [1.807, 2.05) is 6.92 Å². The quantitative estimate of drug-likeness (QED) is 0.656. The van der Waals surface area contributed by atoms with E-state index in [0.29, 0.717) is 49.5 Å². The lowest BCUT2D eigenvalue weighted by Gasteiger charge is -2.24. The maximum Gasteiger partial charge on any atom is 0.279 e. The molecule has 27 heavy (non-hydrogen) atoms. The average molecular weight is 376 g/mol. The average Bonchev–Trinajstić information content (AvgIpc) is 2.68. The first-order valence-corrected chi connectivity index (χ1v) is 9.96. The lowest BCUT2D eigenvalue weighted by molar-refractivity contribution is -0.881. The highest BCUT2D eigenvalue weighted by molar-refractivity contribution is 5.92. The number of carbonyl (C=O) groups is 2. The van der Waals surface area contributed by atoms with E-state index in [2.05, 4.69) is 10.6 Å². The zero-order valence-electron chi connectivity index (χ0n) is 16.0. The molecule has 1 unspecified atom stereocenters. The van der Waals surface area contributed by atoms with Crippen molar-refractivity contribution in [1.82, 2.24) is 5.32 Å². The Morgan fingerprint density at radius 2 is 1.74 bits per heavy atom. The predicted octanol–water partition coefficient (Wildman–Crippen LogP) is 0.750. The van der Waals surface area contributed by atoms with E-state index in [-0.39, 0.29) is 18.4 Å². The third-order valence-electron chi connectivity index (χ3n) is 5.12. The number of rotatable bonds is 7. The van der Waals surface area contributed by atoms with Crippen molar-refractivity contribution in [3.05, 3.63) is 18.2 Å². The van der Waals surface area contributed by atoms with Crippen molar-refractivity contribution < 1.29 is 24.0 Å². The van der Waals surface area contributed by atoms with Crippen LogP contribution in [0, 0.1) is 0 Å². The molecular weight excluding hydrogens is 346 g/mol. The van der Waals surface area contributed by atoms with Crippen molar-refractivity contribution in [1.29, 1.82) is 0 Å². The number of carbonyl (C=O) groups excluding carboxylic acids is 2. The van der Waals surface area contributed by atoms with Crippen molar-refractivity contribution in [3.63, 3.8) is 0 Å². The molecule has 1 aromatic rings. The molecule has 2 aliphatic rings. The molecular formula is C20H30N3O4+. The number of hydrogen-bond acceptors (Lipinski definition) is 4. The Morgan fingerprint density at radius 1 is 1.04 bits per heavy atom. The van der Waals surface area contributed by atoms with Gasteiger partial charge in [-0.15, -0.1) is 0 Å². The molecule has 1 heterocycles. The summed E-state index contributed by atoms with van der Waals surface area (Å²) >= 11 is 0. The highest BCUT2D eigenvalue weighted by Gasteiger charge is 2.21. The van der Waals surface area contributed by atoms with Crippen LogP contribution in [0.3, 0.4) is 0 Å². The minimum absolute atomic E-state index is 0.0332. The molecule has 1 saturated carbocycles. The normalized spacial score (nSPS) is 17.8. The van der Waals surface area contributed by atoms with Crippen molar-refractivity contribution in [2.24, 2.45) is 0 Å². The van der Waals surface area contributed by atoms with E-state index in [9.17, 15) is 9.59 Å². The maximum absolute atomic E-state index is 12.4. The molecule has 7 nitrogen and oxygen atoms in total. The topological polar surface area (TPSA) is 81.1 Å². The van der Waals surface area contributed by atoms with E-state index < -0.39 is 0 Å². The minimum Gasteiger partial charge on any atom is -0.486 e. The van der Waals surface area contributed by atoms with Crippen LogP contribution < -0.4 is 25.0 Å². The first kappa shape index (κ1) is 19.5. The second kappa shape index (κ2) is 9.60. The first-order valence-electron chi connectivity index (χ1n) is 9.96. The van der Waals surface area contributed by atoms with Crippen LogP contribution in [0.15, 0.2) is 18.2 Å². The van der Waals surface area contributed by atoms with Gasteiger partial charge >= 0.3 is 0 Å². The van der Waals surface area contributed by atoms with Gasteiger partial charge < -0.3 is 25.0 Å². The summed E-state index contributed by atoms with van der Waals surface area (Å²) in [6.45, 7) is 4.32. The molecule has 1 aromatic carbocycles. The van der Waals surface area contributed by atoms with Gasteiger partial charge in [0.2, 0.25) is 0 Å². The Hall–Kier alpha value is -2.28. The Morgan fingerprint density at radius 3 is 2.48 bits per heavy atom. The molecule has 0 radical (unpaired) electrons. The van der Waals surface area contributed by atoms with Gasteiger partial charge in [0.15, 0.2) is 24.6 Å². The maximum atomic E-state index is 12.4. The summed E-state index contributed by atoms with van der Waals surface area (Å²) in [6, 6.07) is 5.67. The van der Waals surface area contributed by atoms with Crippen LogP contribution >= 0.6 is 0 Å². The Labute approximate surface area is 160 Å². The summed E-state index contributed by atoms with van der Waals surface area (Å²) in [4.78, 5) is 25.6. The summed E-state index contributed by atoms with van der Waals surface area (Å²) in [5, 5.41) is 6.00. The van der Waals surface area contributed by atoms with Crippen LogP contribution in [-0.2, 0) is 9.59 Å². The fourth-order valence-electron chi connectivity index (χ4n) is 3.62. The number of likely N-dealkylation sites (N-methyl/N-ethyl adjacent to an activating group) is 1. The number of anilines is 1. The molecule has 3 N–H and O–H groups in total. The van der Waals surface area contributed by atoms with Crippen LogP contribution in [0.1, 0.15) is 39.0 Å². The zero-order chi connectivity index (χ0) is 19.1. The molecule has 0 aromatic heterocycles. The number of amides is 2. The van der Waals surface area contributed by atoms with Crippen molar-refractivity contribution >= 4 is 17.5 Å². The molecule has 1 aliphatic carbocycles. The predicted molar refractivity (Wildman–Crippen MR) is 102 cm³/mol. The van der Waals surface area contributed by atoms with Gasteiger partial charge in [0.1, 0.15) is 13.2 Å². The molecule has 2 amide bonds. The van der Waals surface area contributed by atoms with E-state index >= 15 is 0 Å². The van der Waals surface area contributed by atoms with Gasteiger partial charge in [0.25, 0.3) is 11.8 Å². The van der Waals surface area contributed by atoms with Gasteiger partial charge in [-0.25, -0.2) is 0 Å². The molecule has 148 valence electrons. The Balaban J connectivity index is 1.47. The largest absolute Gasteiger partial charge is 0.486 e. The lowest BCUT2D eigenvalue weighted by atomic mass is 9.95. The molecule has 7 heteroatoms. The fourth-order valence-corrected chi connectivity index (χ4v) is 3.62. The standard InChI is InChI=1S/C20H29N3O4/c1-2-23(13-19(24)21-15-6-4-3-5-7-15)14-20(25)22-16-8-9-17-18(12-16)27-11-10-26-17/h8-9,12,15H,2-7,10-11,13-14H2,1H3,(H,21,24)(H,22,25)/p+1. The van der Waals surface area contributed by atoms with Gasteiger partial charge in [0.05, 0.1) is 6.54 Å². The molecule has 1 atom stereocenters. The molecule has 1 fully saturated rings. The summed E-state index contributed by atoms with van der Waals surface area (Å²) in [5.41, 5.74) is 0.673. The lowest BCUT2D eigenvalue weighted by Crippen LogP contribution is -3.14. The third-order valence-corrected chi connectivity index (χ3v) is 5.12. The van der Waals surface area contributed by atoms with Crippen LogP contribution in [0.5, 0.6) is 11.5 Å². The summed E-state index contributed by atoms with van der Waals surface area (Å²) in [5.74, 6) is 1.25. The zero-order valence-corrected chi connectivity index (χ0v) is 16.0. The SMILES string of the molecule is CC[NH+](CC(=O)Nc1ccc2c(c1)OCCO2)CC(=O)NC1CCCCC1. The number of nitrogens with one attached hydrogen (secondary N) is 3. The van der Waals surface area contributed by atoms with E-state index in [1.54, 1.807) is 18.2 Å². The molecule has 0 saturated heterocycles. The van der Waals surface area contributed by atoms with Crippen molar-refractivity contribution in [2.45, 2.75) is 45.1 Å². The number of fused-ring (bicyclic) bond motifs is 1. The van der Waals surface area contributed by atoms with Crippen LogP contribution in [0.25, 0.3) is 0 Å². The summed E-state index contributed by atoms with van der Waals surface area (Å²) in [6.07, 6.45) is 5.77. The molecule has 0 bridgehead atoms. The van der Waals surface area contributed by atoms with E-state index in [0.717, 1.165) is 17.7 Å². The van der Waals surface area contributed by atoms with E-state index in [1.165, 1.54) is 19.3 Å². The third kappa shape index (κ3) is 5.85. The number of ether oxygens (including phenoxy) is 2. The monoisotopic (exact) mass is 376 g/mol. The smallest absolute Gasteiger partial charge is 0.279 e. The van der Waals surface area contributed by atoms with E-state index in [4.69, 9.17) is 9.47 Å². The van der Waals surface area contributed by atoms with Crippen LogP contribution in [0.2, 0.25) is 0 Å². The first-order chi connectivity index (χ1) is 13.1. The Kier molecular flexibility index (Phi) is 6.92. The summed E-state index contributed by atoms with van der Waals surface area (Å²) < 4.78 is 11.0. The van der Waals surface area contributed by atoms with Gasteiger partial charge in [-0.2, -0.15) is 0 Å². The highest BCUT2D eigenvalue weighted by Crippen LogP contribution is 2.32. The molecule has 0 spiro atoms. The minimum atomic E-state index is -0.117. The number of quaternary nitrogens is 1. The number of hydrogen-bond donors (Lipinski definition) is 3. The van der Waals surface area contributed by atoms with Gasteiger partial charge in [0, 0.05) is 17.8 Å². The molecule has 3 rings (SSSR count). The van der Waals surface area contributed by atoms with Crippen molar-refractivity contribution in [2.75, 3.05) is 38.2 Å². The Bertz CT molecular complexity index is 659. The number of benzene rings is 1. The van der Waals surface area contributed by atoms with Gasteiger partial charge in [-0.1, -0.05) is 19.3 Å². The molecule has 1 aliphatic heterocycles. The second-order valence-corrected chi connectivity index (χ2v) is 7.27. The van der Waals surface area contributed by atoms with Crippen molar-refractivity contribution in [3.8, 4) is 11.5 Å². The fraction of sp³-hybridized carbons (Fsp3) is 0.600. The van der Waals surface area contributed by atoms with Crippen LogP contribution in [0.4, 0.5) is 5.69 Å². The highest BCUT2D eigenvalue weighted by atomic mass is 16.6. The van der Waals surface area contributed by atoms with Crippen LogP contribution in [-0.4, -0.2) is 50.7 Å². The summed E-state index contributed by atoms with van der Waals surface area (Å²) in [7, 11) is 0. The second-order valence-electron chi connectivity index (χ2n) is 7.27. The van der Waals surface area contributed by atoms with Gasteiger partial charge in [-0.3, -0.25) is 9.59 Å².